The summed E-state index contributed by atoms with van der Waals surface area (Å²) < 4.78 is 25.2. The van der Waals surface area contributed by atoms with Gasteiger partial charge in [0.05, 0.1) is 10.6 Å². The van der Waals surface area contributed by atoms with Crippen molar-refractivity contribution in [1.29, 1.82) is 0 Å². The zero-order valence-corrected chi connectivity index (χ0v) is 15.5. The molecule has 8 heteroatoms. The van der Waals surface area contributed by atoms with Crippen molar-refractivity contribution in [3.05, 3.63) is 57.8 Å². The molecule has 0 radical (unpaired) electrons. The molecule has 1 aromatic carbocycles. The third kappa shape index (κ3) is 6.41. The number of hydrogen-bond donors (Lipinski definition) is 2. The Bertz CT molecular complexity index is 813. The number of nitrogens with one attached hydrogen (secondary N) is 2. The van der Waals surface area contributed by atoms with Crippen LogP contribution in [0.1, 0.15) is 33.6 Å². The number of carbonyl (C=O) groups excluding carboxylic acids is 2. The zero-order chi connectivity index (χ0) is 18.3. The van der Waals surface area contributed by atoms with E-state index in [0.717, 1.165) is 5.56 Å². The van der Waals surface area contributed by atoms with E-state index in [1.807, 2.05) is 11.4 Å². The molecule has 2 aromatic rings. The molecule has 0 aliphatic heterocycles. The number of benzene rings is 1. The first-order valence-electron chi connectivity index (χ1n) is 7.72. The third-order valence-corrected chi connectivity index (χ3v) is 5.80. The highest BCUT2D eigenvalue weighted by molar-refractivity contribution is 7.88. The molecule has 134 valence electrons. The van der Waals surface area contributed by atoms with Gasteiger partial charge in [-0.05, 0) is 29.6 Å². The molecule has 25 heavy (non-hydrogen) atoms. The summed E-state index contributed by atoms with van der Waals surface area (Å²) >= 11 is 1.37. The molecule has 0 saturated heterocycles. The summed E-state index contributed by atoms with van der Waals surface area (Å²) in [5, 5.41) is 4.59. The van der Waals surface area contributed by atoms with E-state index in [2.05, 4.69) is 10.0 Å². The average molecular weight is 380 g/mol. The molecular formula is C17H20N2O4S2. The Hall–Kier alpha value is -2.03. The smallest absolute Gasteiger partial charge is 0.220 e. The molecule has 6 nitrogen and oxygen atoms in total. The normalized spacial score (nSPS) is 11.2. The molecular weight excluding hydrogens is 360 g/mol. The summed E-state index contributed by atoms with van der Waals surface area (Å²) in [5.41, 5.74) is 1.54. The standard InChI is InChI=1S/C17H20N2O4S2/c1-18-25(22,23)12-14-6-4-13(5-7-14)11-19-17(21)9-8-15(20)16-3-2-10-24-16/h2-7,10,18H,8-9,11-12H2,1H3,(H,19,21). The monoisotopic (exact) mass is 380 g/mol. The van der Waals surface area contributed by atoms with E-state index in [0.29, 0.717) is 17.0 Å². The maximum absolute atomic E-state index is 11.8. The third-order valence-electron chi connectivity index (χ3n) is 3.56. The SMILES string of the molecule is CNS(=O)(=O)Cc1ccc(CNC(=O)CCC(=O)c2cccs2)cc1. The maximum Gasteiger partial charge on any atom is 0.220 e. The minimum absolute atomic E-state index is 0.0276. The van der Waals surface area contributed by atoms with Crippen molar-refractivity contribution in [3.63, 3.8) is 0 Å². The van der Waals surface area contributed by atoms with Gasteiger partial charge in [0.1, 0.15) is 0 Å². The number of ketones is 1. The highest BCUT2D eigenvalue weighted by Gasteiger charge is 2.11. The average Bonchev–Trinajstić information content (AvgIpc) is 3.13. The van der Waals surface area contributed by atoms with Gasteiger partial charge in [-0.2, -0.15) is 0 Å². The second kappa shape index (κ2) is 8.89. The van der Waals surface area contributed by atoms with Gasteiger partial charge in [0.15, 0.2) is 5.78 Å². The van der Waals surface area contributed by atoms with E-state index in [-0.39, 0.29) is 30.3 Å². The van der Waals surface area contributed by atoms with Crippen molar-refractivity contribution in [2.45, 2.75) is 25.1 Å². The molecule has 1 heterocycles. The van der Waals surface area contributed by atoms with Crippen LogP contribution in [0.5, 0.6) is 0 Å². The molecule has 0 atom stereocenters. The van der Waals surface area contributed by atoms with E-state index in [4.69, 9.17) is 0 Å². The molecule has 0 aliphatic carbocycles. The van der Waals surface area contributed by atoms with E-state index in [1.165, 1.54) is 18.4 Å². The fourth-order valence-electron chi connectivity index (χ4n) is 2.12. The molecule has 0 unspecified atom stereocenters. The van der Waals surface area contributed by atoms with Crippen molar-refractivity contribution in [1.82, 2.24) is 10.0 Å². The summed E-state index contributed by atoms with van der Waals surface area (Å²) in [4.78, 5) is 24.3. The van der Waals surface area contributed by atoms with E-state index >= 15 is 0 Å². The fourth-order valence-corrected chi connectivity index (χ4v) is 3.59. The summed E-state index contributed by atoms with van der Waals surface area (Å²) in [5.74, 6) is -0.298. The van der Waals surface area contributed by atoms with Gasteiger partial charge in [-0.3, -0.25) is 9.59 Å². The second-order valence-corrected chi connectivity index (χ2v) is 8.33. The van der Waals surface area contributed by atoms with Crippen LogP contribution in [0.25, 0.3) is 0 Å². The van der Waals surface area contributed by atoms with E-state index in [1.54, 1.807) is 30.3 Å². The molecule has 0 bridgehead atoms. The Labute approximate surface area is 151 Å². The van der Waals surface area contributed by atoms with Gasteiger partial charge >= 0.3 is 0 Å². The summed E-state index contributed by atoms with van der Waals surface area (Å²) in [7, 11) is -1.92. The number of rotatable bonds is 9. The Balaban J connectivity index is 1.77. The van der Waals surface area contributed by atoms with Crippen LogP contribution in [0.15, 0.2) is 41.8 Å². The molecule has 1 aromatic heterocycles. The summed E-state index contributed by atoms with van der Waals surface area (Å²) in [6.45, 7) is 0.338. The van der Waals surface area contributed by atoms with Crippen LogP contribution in [0.4, 0.5) is 0 Å². The number of thiophene rings is 1. The van der Waals surface area contributed by atoms with Crippen LogP contribution in [0.2, 0.25) is 0 Å². The zero-order valence-electron chi connectivity index (χ0n) is 13.8. The molecule has 0 fully saturated rings. The first kappa shape index (κ1) is 19.3. The highest BCUT2D eigenvalue weighted by atomic mass is 32.2. The maximum atomic E-state index is 11.8. The second-order valence-electron chi connectivity index (χ2n) is 5.46. The number of carbonyl (C=O) groups is 2. The Morgan fingerprint density at radius 1 is 1.04 bits per heavy atom. The van der Waals surface area contributed by atoms with E-state index < -0.39 is 10.0 Å². The van der Waals surface area contributed by atoms with Gasteiger partial charge in [-0.1, -0.05) is 30.3 Å². The van der Waals surface area contributed by atoms with Gasteiger partial charge in [0.25, 0.3) is 0 Å². The van der Waals surface area contributed by atoms with Crippen molar-refractivity contribution in [2.24, 2.45) is 0 Å². The van der Waals surface area contributed by atoms with Crippen molar-refractivity contribution >= 4 is 33.1 Å². The highest BCUT2D eigenvalue weighted by Crippen LogP contribution is 2.12. The van der Waals surface area contributed by atoms with Crippen LogP contribution in [-0.2, 0) is 27.1 Å². The van der Waals surface area contributed by atoms with Crippen molar-refractivity contribution < 1.29 is 18.0 Å². The largest absolute Gasteiger partial charge is 0.352 e. The molecule has 0 saturated carbocycles. The Kier molecular flexibility index (Phi) is 6.86. The van der Waals surface area contributed by atoms with Gasteiger partial charge in [-0.15, -0.1) is 11.3 Å². The lowest BCUT2D eigenvalue weighted by Crippen LogP contribution is -2.23. The van der Waals surface area contributed by atoms with Gasteiger partial charge in [0.2, 0.25) is 15.9 Å². The van der Waals surface area contributed by atoms with Gasteiger partial charge in [-0.25, -0.2) is 13.1 Å². The van der Waals surface area contributed by atoms with Gasteiger partial charge < -0.3 is 5.32 Å². The topological polar surface area (TPSA) is 92.3 Å². The molecule has 2 rings (SSSR count). The van der Waals surface area contributed by atoms with Crippen molar-refractivity contribution in [3.8, 4) is 0 Å². The molecule has 2 N–H and O–H groups in total. The minimum Gasteiger partial charge on any atom is -0.352 e. The summed E-state index contributed by atoms with van der Waals surface area (Å²) in [6.07, 6.45) is 0.336. The predicted molar refractivity (Wildman–Crippen MR) is 97.9 cm³/mol. The van der Waals surface area contributed by atoms with Crippen LogP contribution < -0.4 is 10.0 Å². The number of hydrogen-bond acceptors (Lipinski definition) is 5. The molecule has 0 spiro atoms. The first-order valence-corrected chi connectivity index (χ1v) is 10.3. The Morgan fingerprint density at radius 2 is 1.72 bits per heavy atom. The van der Waals surface area contributed by atoms with E-state index in [9.17, 15) is 18.0 Å². The Morgan fingerprint density at radius 3 is 2.32 bits per heavy atom. The number of sulfonamides is 1. The number of Topliss-reactive ketones (excluding diaryl/α,β-unsaturated/α-hetero) is 1. The van der Waals surface area contributed by atoms with Crippen LogP contribution in [-0.4, -0.2) is 27.2 Å². The van der Waals surface area contributed by atoms with Crippen molar-refractivity contribution in [2.75, 3.05) is 7.05 Å². The fraction of sp³-hybridized carbons (Fsp3) is 0.294. The molecule has 1 amide bonds. The quantitative estimate of drug-likeness (QED) is 0.652. The first-order chi connectivity index (χ1) is 11.9. The van der Waals surface area contributed by atoms with Gasteiger partial charge in [0, 0.05) is 19.4 Å². The predicted octanol–water partition coefficient (Wildman–Crippen LogP) is 2.08. The lowest BCUT2D eigenvalue weighted by molar-refractivity contribution is -0.121. The lowest BCUT2D eigenvalue weighted by Gasteiger charge is -2.07. The van der Waals surface area contributed by atoms with Crippen LogP contribution >= 0.6 is 11.3 Å². The summed E-state index contributed by atoms with van der Waals surface area (Å²) in [6, 6.07) is 10.5. The molecule has 0 aliphatic rings. The lowest BCUT2D eigenvalue weighted by atomic mass is 10.1. The van der Waals surface area contributed by atoms with Crippen LogP contribution in [0.3, 0.4) is 0 Å². The van der Waals surface area contributed by atoms with Crippen LogP contribution in [0, 0.1) is 0 Å². The minimum atomic E-state index is -3.30. The number of amides is 1.